The molecule has 26 heavy (non-hydrogen) atoms. The van der Waals surface area contributed by atoms with Crippen molar-refractivity contribution in [2.45, 2.75) is 13.8 Å². The van der Waals surface area contributed by atoms with Gasteiger partial charge >= 0.3 is 0 Å². The third-order valence-electron chi connectivity index (χ3n) is 4.21. The smallest absolute Gasteiger partial charge is 0.265 e. The van der Waals surface area contributed by atoms with Crippen LogP contribution in [0.1, 0.15) is 16.7 Å². The lowest BCUT2D eigenvalue weighted by Crippen LogP contribution is -2.53. The zero-order chi connectivity index (χ0) is 19.0. The lowest BCUT2D eigenvalue weighted by molar-refractivity contribution is -0.128. The van der Waals surface area contributed by atoms with Gasteiger partial charge in [0.25, 0.3) is 11.8 Å². The molecule has 1 aliphatic rings. The molecule has 6 nitrogen and oxygen atoms in total. The molecule has 0 unspecified atom stereocenters. The summed E-state index contributed by atoms with van der Waals surface area (Å²) in [5.41, 5.74) is 2.02. The topological polar surface area (TPSA) is 79.6 Å². The van der Waals surface area contributed by atoms with Crippen LogP contribution in [0.4, 0.5) is 0 Å². The van der Waals surface area contributed by atoms with Gasteiger partial charge in [0.2, 0.25) is 0 Å². The second kappa shape index (κ2) is 6.68. The second-order valence-electron chi connectivity index (χ2n) is 5.97. The number of carbonyl (C=O) groups is 2. The molecule has 1 N–H and O–H groups in total. The number of hydrogen-bond donors (Lipinski definition) is 1. The Balaban J connectivity index is 2.13. The highest BCUT2D eigenvalue weighted by Gasteiger charge is 2.32. The molecule has 1 aromatic heterocycles. The summed E-state index contributed by atoms with van der Waals surface area (Å²) in [7, 11) is 0. The number of thiocarbonyl (C=S) groups is 1. The van der Waals surface area contributed by atoms with Gasteiger partial charge in [-0.05, 0) is 55.4 Å². The van der Waals surface area contributed by atoms with E-state index in [1.807, 2.05) is 13.8 Å². The highest BCUT2D eigenvalue weighted by Crippen LogP contribution is 2.19. The van der Waals surface area contributed by atoms with Crippen molar-refractivity contribution in [3.8, 4) is 0 Å². The van der Waals surface area contributed by atoms with Crippen molar-refractivity contribution in [3.63, 3.8) is 0 Å². The van der Waals surface area contributed by atoms with Crippen LogP contribution in [-0.2, 0) is 9.59 Å². The molecule has 0 spiro atoms. The van der Waals surface area contributed by atoms with E-state index in [0.717, 1.165) is 11.1 Å². The number of nitrogens with one attached hydrogen (secondary N) is 1. The summed E-state index contributed by atoms with van der Waals surface area (Å²) < 4.78 is 5.52. The van der Waals surface area contributed by atoms with Crippen LogP contribution in [0.5, 0.6) is 0 Å². The number of benzene rings is 1. The number of nitrogens with zero attached hydrogens (tertiary/aromatic N) is 1. The summed E-state index contributed by atoms with van der Waals surface area (Å²) in [6, 6.07) is 3.52. The van der Waals surface area contributed by atoms with E-state index in [2.05, 4.69) is 11.9 Å². The molecule has 0 saturated carbocycles. The van der Waals surface area contributed by atoms with Crippen LogP contribution in [0.25, 0.3) is 17.0 Å². The lowest BCUT2D eigenvalue weighted by Gasteiger charge is -2.27. The molecule has 1 saturated heterocycles. The Hall–Kier alpha value is -3.06. The first-order valence-corrected chi connectivity index (χ1v) is 8.27. The summed E-state index contributed by atoms with van der Waals surface area (Å²) in [6.07, 6.45) is 3.97. The maximum atomic E-state index is 12.7. The zero-order valence-corrected chi connectivity index (χ0v) is 15.1. The number of rotatable bonds is 3. The standard InChI is InChI=1S/C19H16N2O4S/c1-4-5-21-18(24)14(17(23)20-19(21)26)8-12-9-25-15-7-11(3)10(2)6-13(15)16(12)22/h4,6-9H,1,5H2,2-3H3,(H,20,23,26). The Kier molecular flexibility index (Phi) is 4.56. The van der Waals surface area contributed by atoms with Gasteiger partial charge in [-0.3, -0.25) is 24.6 Å². The zero-order valence-electron chi connectivity index (χ0n) is 14.3. The first kappa shape index (κ1) is 17.8. The summed E-state index contributed by atoms with van der Waals surface area (Å²) in [4.78, 5) is 38.7. The number of aryl methyl sites for hydroxylation is 2. The van der Waals surface area contributed by atoms with E-state index < -0.39 is 11.8 Å². The van der Waals surface area contributed by atoms with E-state index in [1.54, 1.807) is 12.1 Å². The molecule has 0 aliphatic carbocycles. The lowest BCUT2D eigenvalue weighted by atomic mass is 10.0. The number of amides is 2. The molecule has 7 heteroatoms. The van der Waals surface area contributed by atoms with Gasteiger partial charge < -0.3 is 4.42 Å². The summed E-state index contributed by atoms with van der Waals surface area (Å²) in [6.45, 7) is 7.54. The van der Waals surface area contributed by atoms with E-state index in [4.69, 9.17) is 16.6 Å². The third kappa shape index (κ3) is 2.97. The predicted octanol–water partition coefficient (Wildman–Crippen LogP) is 2.22. The van der Waals surface area contributed by atoms with Gasteiger partial charge in [0.15, 0.2) is 10.5 Å². The monoisotopic (exact) mass is 368 g/mol. The molecule has 1 aliphatic heterocycles. The third-order valence-corrected chi connectivity index (χ3v) is 4.54. The summed E-state index contributed by atoms with van der Waals surface area (Å²) in [5, 5.41) is 2.84. The minimum atomic E-state index is -0.653. The normalized spacial score (nSPS) is 16.3. The number of hydrogen-bond acceptors (Lipinski definition) is 5. The summed E-state index contributed by atoms with van der Waals surface area (Å²) in [5.74, 6) is -1.24. The molecule has 2 amide bonds. The highest BCUT2D eigenvalue weighted by atomic mass is 32.1. The van der Waals surface area contributed by atoms with Crippen LogP contribution in [-0.4, -0.2) is 28.4 Å². The second-order valence-corrected chi connectivity index (χ2v) is 6.36. The van der Waals surface area contributed by atoms with Gasteiger partial charge in [0.1, 0.15) is 17.4 Å². The van der Waals surface area contributed by atoms with E-state index in [0.29, 0.717) is 11.0 Å². The molecule has 2 heterocycles. The van der Waals surface area contributed by atoms with Gasteiger partial charge in [0.05, 0.1) is 10.9 Å². The molecule has 0 bridgehead atoms. The average Bonchev–Trinajstić information content (AvgIpc) is 2.59. The first-order valence-electron chi connectivity index (χ1n) is 7.86. The molecular formula is C19H16N2O4S. The van der Waals surface area contributed by atoms with Crippen LogP contribution in [0.2, 0.25) is 0 Å². The van der Waals surface area contributed by atoms with Crippen molar-refractivity contribution in [1.82, 2.24) is 10.2 Å². The van der Waals surface area contributed by atoms with Gasteiger partial charge in [0, 0.05) is 6.54 Å². The predicted molar refractivity (Wildman–Crippen MR) is 103 cm³/mol. The molecule has 2 aromatic rings. The highest BCUT2D eigenvalue weighted by molar-refractivity contribution is 7.80. The molecule has 132 valence electrons. The average molecular weight is 368 g/mol. The quantitative estimate of drug-likeness (QED) is 0.389. The number of carbonyl (C=O) groups excluding carboxylic acids is 2. The van der Waals surface area contributed by atoms with Crippen molar-refractivity contribution in [1.29, 1.82) is 0 Å². The molecule has 1 aromatic carbocycles. The molecular weight excluding hydrogens is 352 g/mol. The molecule has 1 fully saturated rings. The van der Waals surface area contributed by atoms with Crippen LogP contribution in [0.3, 0.4) is 0 Å². The fourth-order valence-electron chi connectivity index (χ4n) is 2.64. The van der Waals surface area contributed by atoms with E-state index in [1.165, 1.54) is 23.3 Å². The molecule has 3 rings (SSSR count). The van der Waals surface area contributed by atoms with Crippen molar-refractivity contribution in [2.24, 2.45) is 0 Å². The van der Waals surface area contributed by atoms with Gasteiger partial charge in [-0.15, -0.1) is 6.58 Å². The maximum Gasteiger partial charge on any atom is 0.265 e. The Morgan fingerprint density at radius 3 is 2.62 bits per heavy atom. The van der Waals surface area contributed by atoms with Gasteiger partial charge in [-0.25, -0.2) is 0 Å². The molecule has 0 atom stereocenters. The summed E-state index contributed by atoms with van der Waals surface area (Å²) >= 11 is 5.00. The fraction of sp³-hybridized carbons (Fsp3) is 0.158. The maximum absolute atomic E-state index is 12.7. The largest absolute Gasteiger partial charge is 0.463 e. The fourth-order valence-corrected chi connectivity index (χ4v) is 2.89. The van der Waals surface area contributed by atoms with E-state index in [-0.39, 0.29) is 28.2 Å². The van der Waals surface area contributed by atoms with Crippen molar-refractivity contribution >= 4 is 46.2 Å². The van der Waals surface area contributed by atoms with Crippen LogP contribution in [0, 0.1) is 13.8 Å². The van der Waals surface area contributed by atoms with Crippen LogP contribution in [0.15, 0.2) is 45.8 Å². The first-order chi connectivity index (χ1) is 12.3. The van der Waals surface area contributed by atoms with Crippen molar-refractivity contribution < 1.29 is 14.0 Å². The van der Waals surface area contributed by atoms with Crippen molar-refractivity contribution in [2.75, 3.05) is 6.54 Å². The van der Waals surface area contributed by atoms with Gasteiger partial charge in [-0.1, -0.05) is 6.08 Å². The SMILES string of the molecule is C=CCN1C(=O)C(=Cc2coc3cc(C)c(C)cc3c2=O)C(=O)NC1=S. The van der Waals surface area contributed by atoms with E-state index >= 15 is 0 Å². The Labute approximate surface area is 154 Å². The van der Waals surface area contributed by atoms with Crippen molar-refractivity contribution in [3.05, 3.63) is 63.5 Å². The van der Waals surface area contributed by atoms with Crippen LogP contribution < -0.4 is 10.7 Å². The number of fused-ring (bicyclic) bond motifs is 1. The minimum absolute atomic E-state index is 0.00805. The van der Waals surface area contributed by atoms with Crippen LogP contribution >= 0.6 is 12.2 Å². The van der Waals surface area contributed by atoms with E-state index in [9.17, 15) is 14.4 Å². The Morgan fingerprint density at radius 1 is 1.23 bits per heavy atom. The van der Waals surface area contributed by atoms with Gasteiger partial charge in [-0.2, -0.15) is 0 Å². The molecule has 0 radical (unpaired) electrons. The Bertz CT molecular complexity index is 1070. The Morgan fingerprint density at radius 2 is 1.92 bits per heavy atom. The minimum Gasteiger partial charge on any atom is -0.463 e.